The van der Waals surface area contributed by atoms with Gasteiger partial charge in [-0.1, -0.05) is 36.6 Å². The Bertz CT molecular complexity index is 663. The number of hydrogen-bond acceptors (Lipinski definition) is 5. The fourth-order valence-electron chi connectivity index (χ4n) is 4.26. The van der Waals surface area contributed by atoms with Gasteiger partial charge in [0.2, 0.25) is 5.91 Å². The fraction of sp³-hybridized carbons (Fsp3) is 0.640. The van der Waals surface area contributed by atoms with Gasteiger partial charge in [0.05, 0.1) is 6.04 Å². The van der Waals surface area contributed by atoms with Crippen molar-refractivity contribution in [3.8, 4) is 0 Å². The molecular weight excluding hydrogens is 390 g/mol. The Hall–Kier alpha value is -2.05. The van der Waals surface area contributed by atoms with E-state index in [9.17, 15) is 4.79 Å². The summed E-state index contributed by atoms with van der Waals surface area (Å²) < 4.78 is 11.0. The number of piperidine rings is 1. The molecule has 0 spiro atoms. The number of nitrogens with zero attached hydrogens (tertiary/aromatic N) is 1. The zero-order valence-electron chi connectivity index (χ0n) is 18.8. The lowest BCUT2D eigenvalue weighted by Gasteiger charge is -2.25. The molecule has 6 heteroatoms. The molecule has 2 heterocycles. The van der Waals surface area contributed by atoms with Crippen LogP contribution >= 0.6 is 0 Å². The first-order valence-corrected chi connectivity index (χ1v) is 12.1. The topological polar surface area (TPSA) is 62.8 Å². The molecule has 0 aromatic carbocycles. The zero-order chi connectivity index (χ0) is 21.6. The van der Waals surface area contributed by atoms with E-state index in [1.165, 1.54) is 24.8 Å². The van der Waals surface area contributed by atoms with Crippen LogP contribution < -0.4 is 10.6 Å². The van der Waals surface area contributed by atoms with Gasteiger partial charge in [-0.05, 0) is 64.6 Å². The maximum absolute atomic E-state index is 12.0. The molecular formula is C25H39N3O3. The van der Waals surface area contributed by atoms with Crippen molar-refractivity contribution >= 4 is 5.91 Å². The van der Waals surface area contributed by atoms with Crippen LogP contribution in [0, 0.1) is 0 Å². The summed E-state index contributed by atoms with van der Waals surface area (Å²) in [6, 6.07) is 0.122. The summed E-state index contributed by atoms with van der Waals surface area (Å²) in [6.07, 6.45) is 22.2. The van der Waals surface area contributed by atoms with Gasteiger partial charge in [0, 0.05) is 19.5 Å². The van der Waals surface area contributed by atoms with E-state index in [0.29, 0.717) is 6.42 Å². The first kappa shape index (κ1) is 23.6. The second-order valence-corrected chi connectivity index (χ2v) is 8.61. The Kier molecular flexibility index (Phi) is 10.7. The highest BCUT2D eigenvalue weighted by Crippen LogP contribution is 2.22. The molecule has 1 amide bonds. The summed E-state index contributed by atoms with van der Waals surface area (Å²) in [5.74, 6) is 1.02. The molecule has 31 heavy (non-hydrogen) atoms. The van der Waals surface area contributed by atoms with Crippen molar-refractivity contribution in [3.05, 3.63) is 48.3 Å². The summed E-state index contributed by atoms with van der Waals surface area (Å²) in [4.78, 5) is 14.4. The van der Waals surface area contributed by atoms with Crippen molar-refractivity contribution in [2.24, 2.45) is 0 Å². The maximum Gasteiger partial charge on any atom is 0.221 e. The highest BCUT2D eigenvalue weighted by Gasteiger charge is 2.19. The van der Waals surface area contributed by atoms with Crippen LogP contribution in [0.3, 0.4) is 0 Å². The first-order chi connectivity index (χ1) is 15.3. The summed E-state index contributed by atoms with van der Waals surface area (Å²) in [7, 11) is 0. The molecule has 3 aliphatic rings. The van der Waals surface area contributed by atoms with Crippen LogP contribution in [0.5, 0.6) is 0 Å². The number of likely N-dealkylation sites (tertiary alicyclic amines) is 1. The van der Waals surface area contributed by atoms with Crippen LogP contribution in [0.15, 0.2) is 48.3 Å². The maximum atomic E-state index is 12.0. The van der Waals surface area contributed by atoms with Crippen LogP contribution in [-0.4, -0.2) is 49.6 Å². The van der Waals surface area contributed by atoms with E-state index in [2.05, 4.69) is 33.8 Å². The van der Waals surface area contributed by atoms with Crippen LogP contribution in [0.1, 0.15) is 64.2 Å². The smallest absolute Gasteiger partial charge is 0.221 e. The number of unbranched alkanes of at least 4 members (excludes halogenated alkanes) is 2. The molecule has 6 nitrogen and oxygen atoms in total. The second-order valence-electron chi connectivity index (χ2n) is 8.61. The van der Waals surface area contributed by atoms with Crippen LogP contribution in [0.2, 0.25) is 0 Å². The Labute approximate surface area is 187 Å². The van der Waals surface area contributed by atoms with Crippen LogP contribution in [-0.2, 0) is 14.3 Å². The molecule has 3 rings (SSSR count). The van der Waals surface area contributed by atoms with Crippen LogP contribution in [0.4, 0.5) is 0 Å². The van der Waals surface area contributed by atoms with E-state index in [-0.39, 0.29) is 11.9 Å². The lowest BCUT2D eigenvalue weighted by Crippen LogP contribution is -2.34. The highest BCUT2D eigenvalue weighted by atomic mass is 16.5. The predicted molar refractivity (Wildman–Crippen MR) is 124 cm³/mol. The Balaban J connectivity index is 1.26. The number of hydrogen-bond donors (Lipinski definition) is 2. The van der Waals surface area contributed by atoms with Gasteiger partial charge in [-0.25, -0.2) is 0 Å². The first-order valence-electron chi connectivity index (χ1n) is 12.1. The molecule has 2 N–H and O–H groups in total. The third-order valence-corrected chi connectivity index (χ3v) is 6.10. The third-order valence-electron chi connectivity index (χ3n) is 6.10. The summed E-state index contributed by atoms with van der Waals surface area (Å²) in [5, 5.41) is 6.70. The van der Waals surface area contributed by atoms with Gasteiger partial charge in [-0.2, -0.15) is 0 Å². The minimum absolute atomic E-state index is 0.122. The van der Waals surface area contributed by atoms with Gasteiger partial charge in [0.1, 0.15) is 18.8 Å². The molecule has 1 atom stereocenters. The molecule has 0 radical (unpaired) electrons. The van der Waals surface area contributed by atoms with Gasteiger partial charge < -0.3 is 25.0 Å². The molecule has 0 aromatic rings. The zero-order valence-corrected chi connectivity index (χ0v) is 18.8. The SMILES string of the molecule is O=C(CCN1CCCCC1)NCCCCCNC(CC1=CC=CCC1)C1=COC=CO1. The number of rotatable bonds is 13. The normalized spacial score (nSPS) is 19.7. The standard InChI is InChI=1S/C25H39N3O3/c29-25(12-17-28-15-8-3-9-16-28)27-14-7-2-6-13-26-23(24-21-30-18-19-31-24)20-22-10-4-1-5-11-22/h1,4,10,18-19,21,23,26H,2-3,5-9,11-17,20H2,(H,27,29). The lowest BCUT2D eigenvalue weighted by atomic mass is 9.97. The molecule has 0 bridgehead atoms. The molecule has 172 valence electrons. The summed E-state index contributed by atoms with van der Waals surface area (Å²) in [5.41, 5.74) is 1.44. The van der Waals surface area contributed by atoms with Gasteiger partial charge >= 0.3 is 0 Å². The summed E-state index contributed by atoms with van der Waals surface area (Å²) in [6.45, 7) is 4.90. The Morgan fingerprint density at radius 2 is 1.97 bits per heavy atom. The minimum Gasteiger partial charge on any atom is -0.466 e. The highest BCUT2D eigenvalue weighted by molar-refractivity contribution is 5.75. The molecule has 0 aromatic heterocycles. The molecule has 1 saturated heterocycles. The average molecular weight is 430 g/mol. The molecule has 0 saturated carbocycles. The predicted octanol–water partition coefficient (Wildman–Crippen LogP) is 4.13. The minimum atomic E-state index is 0.122. The largest absolute Gasteiger partial charge is 0.466 e. The third kappa shape index (κ3) is 9.32. The number of nitrogens with one attached hydrogen (secondary N) is 2. The van der Waals surface area contributed by atoms with Crippen LogP contribution in [0.25, 0.3) is 0 Å². The van der Waals surface area contributed by atoms with Crippen molar-refractivity contribution in [1.82, 2.24) is 15.5 Å². The molecule has 1 unspecified atom stereocenters. The second kappa shape index (κ2) is 14.1. The average Bonchev–Trinajstić information content (AvgIpc) is 2.83. The number of amides is 1. The number of allylic oxidation sites excluding steroid dienone is 3. The number of ether oxygens (including phenoxy) is 2. The number of carbonyl (C=O) groups is 1. The van der Waals surface area contributed by atoms with E-state index < -0.39 is 0 Å². The van der Waals surface area contributed by atoms with Crippen molar-refractivity contribution in [2.75, 3.05) is 32.7 Å². The monoisotopic (exact) mass is 429 g/mol. The van der Waals surface area contributed by atoms with E-state index in [0.717, 1.165) is 77.0 Å². The van der Waals surface area contributed by atoms with Gasteiger partial charge in [-0.3, -0.25) is 4.79 Å². The van der Waals surface area contributed by atoms with Gasteiger partial charge in [0.15, 0.2) is 5.76 Å². The van der Waals surface area contributed by atoms with Crippen molar-refractivity contribution < 1.29 is 14.3 Å². The molecule has 1 fully saturated rings. The van der Waals surface area contributed by atoms with E-state index >= 15 is 0 Å². The van der Waals surface area contributed by atoms with E-state index in [1.54, 1.807) is 18.8 Å². The fourth-order valence-corrected chi connectivity index (χ4v) is 4.26. The van der Waals surface area contributed by atoms with E-state index in [4.69, 9.17) is 9.47 Å². The van der Waals surface area contributed by atoms with Crippen molar-refractivity contribution in [2.45, 2.75) is 70.3 Å². The summed E-state index contributed by atoms with van der Waals surface area (Å²) >= 11 is 0. The van der Waals surface area contributed by atoms with Crippen molar-refractivity contribution in [3.63, 3.8) is 0 Å². The quantitative estimate of drug-likeness (QED) is 0.431. The van der Waals surface area contributed by atoms with Crippen molar-refractivity contribution in [1.29, 1.82) is 0 Å². The Morgan fingerprint density at radius 1 is 1.10 bits per heavy atom. The molecule has 1 aliphatic carbocycles. The van der Waals surface area contributed by atoms with E-state index in [1.807, 2.05) is 0 Å². The van der Waals surface area contributed by atoms with Gasteiger partial charge in [-0.15, -0.1) is 0 Å². The lowest BCUT2D eigenvalue weighted by molar-refractivity contribution is -0.121. The Morgan fingerprint density at radius 3 is 2.74 bits per heavy atom. The van der Waals surface area contributed by atoms with Gasteiger partial charge in [0.25, 0.3) is 0 Å². The molecule has 2 aliphatic heterocycles. The number of carbonyl (C=O) groups excluding carboxylic acids is 1.